The first-order valence-electron chi connectivity index (χ1n) is 8.89. The van der Waals surface area contributed by atoms with E-state index in [1.165, 1.54) is 4.68 Å². The van der Waals surface area contributed by atoms with Crippen LogP contribution in [-0.2, 0) is 4.79 Å². The summed E-state index contributed by atoms with van der Waals surface area (Å²) in [4.78, 5) is 12.2. The highest BCUT2D eigenvalue weighted by Crippen LogP contribution is 2.23. The molecule has 12 heteroatoms. The Morgan fingerprint density at radius 2 is 1.87 bits per heavy atom. The van der Waals surface area contributed by atoms with Gasteiger partial charge in [0.15, 0.2) is 0 Å². The van der Waals surface area contributed by atoms with Crippen LogP contribution in [0.25, 0.3) is 0 Å². The first-order valence-corrected chi connectivity index (χ1v) is 10.6. The second-order valence-corrected chi connectivity index (χ2v) is 8.02. The second-order valence-electron chi connectivity index (χ2n) is 6.21. The topological polar surface area (TPSA) is 119 Å². The minimum absolute atomic E-state index is 0.0631. The summed E-state index contributed by atoms with van der Waals surface area (Å²) >= 11 is 13.0. The van der Waals surface area contributed by atoms with E-state index in [4.69, 9.17) is 33.8 Å². The van der Waals surface area contributed by atoms with Crippen molar-refractivity contribution in [3.63, 3.8) is 0 Å². The van der Waals surface area contributed by atoms with Crippen LogP contribution in [0.1, 0.15) is 12.5 Å². The third-order valence-electron chi connectivity index (χ3n) is 3.97. The minimum Gasteiger partial charge on any atom is -0.497 e. The monoisotopic (exact) mass is 479 g/mol. The highest BCUT2D eigenvalue weighted by Gasteiger charge is 2.13. The highest BCUT2D eigenvalue weighted by atomic mass is 35.5. The molecule has 2 aromatic carbocycles. The molecule has 31 heavy (non-hydrogen) atoms. The Hall–Kier alpha value is -2.95. The number of halogens is 2. The molecule has 9 nitrogen and oxygen atoms in total. The van der Waals surface area contributed by atoms with Crippen LogP contribution >= 0.6 is 35.0 Å². The molecule has 1 amide bonds. The summed E-state index contributed by atoms with van der Waals surface area (Å²) in [6.45, 7) is 1.84. The van der Waals surface area contributed by atoms with Crippen molar-refractivity contribution in [2.75, 3.05) is 29.4 Å². The van der Waals surface area contributed by atoms with Gasteiger partial charge < -0.3 is 15.9 Å². The van der Waals surface area contributed by atoms with Gasteiger partial charge in [0.2, 0.25) is 11.1 Å². The number of carbonyl (C=O) groups excluding carboxylic acids is 1. The molecule has 162 valence electrons. The van der Waals surface area contributed by atoms with Crippen molar-refractivity contribution in [2.24, 2.45) is 5.10 Å². The summed E-state index contributed by atoms with van der Waals surface area (Å²) in [5.41, 5.74) is 4.91. The van der Waals surface area contributed by atoms with Crippen LogP contribution in [-0.4, -0.2) is 39.4 Å². The summed E-state index contributed by atoms with van der Waals surface area (Å²) in [6, 6.07) is 12.3. The van der Waals surface area contributed by atoms with Gasteiger partial charge in [-0.3, -0.25) is 4.79 Å². The predicted octanol–water partition coefficient (Wildman–Crippen LogP) is 3.87. The van der Waals surface area contributed by atoms with Gasteiger partial charge in [-0.2, -0.15) is 5.10 Å². The Morgan fingerprint density at radius 1 is 1.19 bits per heavy atom. The van der Waals surface area contributed by atoms with Crippen LogP contribution in [0.3, 0.4) is 0 Å². The molecule has 4 N–H and O–H groups in total. The average Bonchev–Trinajstić information content (AvgIpc) is 3.09. The lowest BCUT2D eigenvalue weighted by molar-refractivity contribution is -0.113. The van der Waals surface area contributed by atoms with Gasteiger partial charge in [0.25, 0.3) is 5.95 Å². The molecule has 0 aliphatic carbocycles. The number of benzene rings is 2. The van der Waals surface area contributed by atoms with E-state index < -0.39 is 0 Å². The molecular formula is C19H19Cl2N7O2S. The number of anilines is 2. The maximum Gasteiger partial charge on any atom is 0.264 e. The van der Waals surface area contributed by atoms with Crippen LogP contribution in [0.5, 0.6) is 5.75 Å². The van der Waals surface area contributed by atoms with Gasteiger partial charge in [0, 0.05) is 15.7 Å². The Labute approximate surface area is 192 Å². The predicted molar refractivity (Wildman–Crippen MR) is 125 cm³/mol. The average molecular weight is 480 g/mol. The number of hydrogen-bond donors (Lipinski definition) is 3. The first kappa shape index (κ1) is 22.7. The molecule has 0 spiro atoms. The third-order valence-corrected chi connectivity index (χ3v) is 5.35. The number of amides is 1. The van der Waals surface area contributed by atoms with Crippen molar-refractivity contribution in [3.8, 4) is 5.75 Å². The van der Waals surface area contributed by atoms with E-state index in [1.807, 2.05) is 31.2 Å². The summed E-state index contributed by atoms with van der Waals surface area (Å²) in [6.07, 6.45) is 0. The van der Waals surface area contributed by atoms with Gasteiger partial charge in [-0.15, -0.1) is 10.2 Å². The molecule has 0 radical (unpaired) electrons. The standard InChI is InChI=1S/C19H19Cl2N7O2S/c1-11(12-3-5-16(30-2)6-4-12)24-25-18-26-27-19(28(18)22)31-10-17(29)23-15-8-13(20)7-14(21)9-15/h3-9H,10,22H2,1-2H3,(H,23,29)(H,25,26)/b24-11+. The molecule has 0 aliphatic rings. The van der Waals surface area contributed by atoms with Crippen LogP contribution in [0, 0.1) is 0 Å². The van der Waals surface area contributed by atoms with E-state index in [-0.39, 0.29) is 17.6 Å². The lowest BCUT2D eigenvalue weighted by Gasteiger charge is -2.07. The number of rotatable bonds is 8. The van der Waals surface area contributed by atoms with E-state index >= 15 is 0 Å². The van der Waals surface area contributed by atoms with Crippen molar-refractivity contribution in [2.45, 2.75) is 12.1 Å². The molecule has 0 aliphatic heterocycles. The summed E-state index contributed by atoms with van der Waals surface area (Å²) in [7, 11) is 1.61. The Morgan fingerprint density at radius 3 is 2.52 bits per heavy atom. The van der Waals surface area contributed by atoms with E-state index in [9.17, 15) is 4.79 Å². The van der Waals surface area contributed by atoms with Gasteiger partial charge in [-0.1, -0.05) is 35.0 Å². The number of nitrogens with two attached hydrogens (primary N) is 1. The molecule has 0 fully saturated rings. The molecule has 0 unspecified atom stereocenters. The number of aromatic nitrogens is 3. The zero-order chi connectivity index (χ0) is 22.4. The lowest BCUT2D eigenvalue weighted by Crippen LogP contribution is -2.17. The fourth-order valence-electron chi connectivity index (χ4n) is 2.44. The fraction of sp³-hybridized carbons (Fsp3) is 0.158. The van der Waals surface area contributed by atoms with Crippen molar-refractivity contribution < 1.29 is 9.53 Å². The number of nitrogens with zero attached hydrogens (tertiary/aromatic N) is 4. The molecule has 0 bridgehead atoms. The summed E-state index contributed by atoms with van der Waals surface area (Å²) in [5.74, 6) is 6.79. The molecular weight excluding hydrogens is 461 g/mol. The maximum absolute atomic E-state index is 12.2. The van der Waals surface area contributed by atoms with Gasteiger partial charge in [-0.25, -0.2) is 10.1 Å². The van der Waals surface area contributed by atoms with Crippen molar-refractivity contribution in [3.05, 3.63) is 58.1 Å². The Bertz CT molecular complexity index is 1080. The Balaban J connectivity index is 1.57. The number of ether oxygens (including phenoxy) is 1. The molecule has 1 heterocycles. The third kappa shape index (κ3) is 6.27. The van der Waals surface area contributed by atoms with E-state index in [1.54, 1.807) is 25.3 Å². The lowest BCUT2D eigenvalue weighted by atomic mass is 10.1. The molecule has 3 rings (SSSR count). The van der Waals surface area contributed by atoms with E-state index in [2.05, 4.69) is 26.0 Å². The molecule has 0 saturated carbocycles. The van der Waals surface area contributed by atoms with Gasteiger partial charge in [0.05, 0.1) is 18.6 Å². The zero-order valence-corrected chi connectivity index (χ0v) is 18.9. The number of methoxy groups -OCH3 is 1. The Kier molecular flexibility index (Phi) is 7.61. The zero-order valence-electron chi connectivity index (χ0n) is 16.6. The molecule has 3 aromatic rings. The normalized spacial score (nSPS) is 11.3. The van der Waals surface area contributed by atoms with Crippen LogP contribution in [0.2, 0.25) is 10.0 Å². The summed E-state index contributed by atoms with van der Waals surface area (Å²) < 4.78 is 6.37. The summed E-state index contributed by atoms with van der Waals surface area (Å²) in [5, 5.41) is 16.1. The molecule has 0 atom stereocenters. The molecule has 0 saturated heterocycles. The van der Waals surface area contributed by atoms with Gasteiger partial charge in [-0.05, 0) is 55.0 Å². The fourth-order valence-corrected chi connectivity index (χ4v) is 3.62. The van der Waals surface area contributed by atoms with E-state index in [0.717, 1.165) is 28.8 Å². The van der Waals surface area contributed by atoms with Crippen LogP contribution in [0.4, 0.5) is 11.6 Å². The number of hydrazone groups is 1. The first-order chi connectivity index (χ1) is 14.9. The number of nitrogens with one attached hydrogen (secondary N) is 2. The number of nitrogen functional groups attached to an aromatic ring is 1. The van der Waals surface area contributed by atoms with E-state index in [0.29, 0.717) is 20.9 Å². The highest BCUT2D eigenvalue weighted by molar-refractivity contribution is 7.99. The molecule has 1 aromatic heterocycles. The number of hydrogen-bond acceptors (Lipinski definition) is 8. The van der Waals surface area contributed by atoms with Crippen LogP contribution < -0.4 is 21.3 Å². The SMILES string of the molecule is COc1ccc(/C(C)=N/Nc2nnc(SCC(=O)Nc3cc(Cl)cc(Cl)c3)n2N)cc1. The maximum atomic E-state index is 12.2. The number of carbonyl (C=O) groups is 1. The van der Waals surface area contributed by atoms with Crippen molar-refractivity contribution in [1.82, 2.24) is 14.9 Å². The second kappa shape index (κ2) is 10.4. The number of thioether (sulfide) groups is 1. The largest absolute Gasteiger partial charge is 0.497 e. The smallest absolute Gasteiger partial charge is 0.264 e. The minimum atomic E-state index is -0.269. The van der Waals surface area contributed by atoms with Crippen molar-refractivity contribution in [1.29, 1.82) is 0 Å². The van der Waals surface area contributed by atoms with Gasteiger partial charge in [0.1, 0.15) is 5.75 Å². The van der Waals surface area contributed by atoms with Gasteiger partial charge >= 0.3 is 0 Å². The van der Waals surface area contributed by atoms with Crippen LogP contribution in [0.15, 0.2) is 52.7 Å². The van der Waals surface area contributed by atoms with Crippen molar-refractivity contribution >= 4 is 58.2 Å². The quantitative estimate of drug-likeness (QED) is 0.194.